The maximum absolute atomic E-state index is 13.5. The zero-order valence-corrected chi connectivity index (χ0v) is 10.9. The Kier molecular flexibility index (Phi) is 3.66. The molecule has 1 aromatic carbocycles. The van der Waals surface area contributed by atoms with E-state index in [9.17, 15) is 9.18 Å². The van der Waals surface area contributed by atoms with E-state index in [1.807, 2.05) is 0 Å². The molecular formula is C10H9BrFN5O. The van der Waals surface area contributed by atoms with Crippen molar-refractivity contribution in [3.8, 4) is 5.69 Å². The van der Waals surface area contributed by atoms with E-state index < -0.39 is 10.6 Å². The molecule has 2 rings (SSSR count). The number of nitrogens with zero attached hydrogens (tertiary/aromatic N) is 4. The van der Waals surface area contributed by atoms with Crippen molar-refractivity contribution in [2.24, 2.45) is 0 Å². The zero-order valence-electron chi connectivity index (χ0n) is 9.34. The summed E-state index contributed by atoms with van der Waals surface area (Å²) in [7, 11) is 0. The molecule has 0 aliphatic carbocycles. The van der Waals surface area contributed by atoms with Gasteiger partial charge in [0.1, 0.15) is 12.1 Å². The number of rotatable bonds is 3. The number of hydrogen-bond donors (Lipinski definition) is 1. The minimum atomic E-state index is -0.520. The van der Waals surface area contributed by atoms with Crippen molar-refractivity contribution in [3.63, 3.8) is 0 Å². The summed E-state index contributed by atoms with van der Waals surface area (Å²) in [5.74, 6) is -0.851. The molecule has 18 heavy (non-hydrogen) atoms. The second-order valence-corrected chi connectivity index (χ2v) is 4.90. The Hall–Kier alpha value is -1.83. The third-order valence-corrected chi connectivity index (χ3v) is 2.60. The Morgan fingerprint density at radius 2 is 2.33 bits per heavy atom. The lowest BCUT2D eigenvalue weighted by molar-refractivity contribution is -0.115. The average molecular weight is 314 g/mol. The van der Waals surface area contributed by atoms with Crippen molar-refractivity contribution in [3.05, 3.63) is 30.3 Å². The molecule has 1 aromatic heterocycles. The second kappa shape index (κ2) is 5.21. The van der Waals surface area contributed by atoms with Crippen LogP contribution in [0.3, 0.4) is 0 Å². The maximum Gasteiger partial charge on any atom is 0.237 e. The summed E-state index contributed by atoms with van der Waals surface area (Å²) in [6.07, 6.45) is 1.38. The number of halogens is 2. The molecule has 1 N–H and O–H groups in total. The number of benzene rings is 1. The highest BCUT2D eigenvalue weighted by Gasteiger charge is 2.12. The van der Waals surface area contributed by atoms with Crippen molar-refractivity contribution < 1.29 is 9.18 Å². The van der Waals surface area contributed by atoms with Gasteiger partial charge in [0.15, 0.2) is 0 Å². The average Bonchev–Trinajstić information content (AvgIpc) is 2.85. The highest BCUT2D eigenvalue weighted by Crippen LogP contribution is 2.19. The fraction of sp³-hybridized carbons (Fsp3) is 0.200. The van der Waals surface area contributed by atoms with E-state index in [0.29, 0.717) is 5.69 Å². The molecule has 0 aliphatic heterocycles. The molecule has 0 aliphatic rings. The van der Waals surface area contributed by atoms with Crippen molar-refractivity contribution in [2.45, 2.75) is 11.8 Å². The van der Waals surface area contributed by atoms with Gasteiger partial charge in [0, 0.05) is 0 Å². The van der Waals surface area contributed by atoms with E-state index in [0.717, 1.165) is 0 Å². The molecule has 6 nitrogen and oxygen atoms in total. The fourth-order valence-corrected chi connectivity index (χ4v) is 1.38. The van der Waals surface area contributed by atoms with Gasteiger partial charge >= 0.3 is 0 Å². The van der Waals surface area contributed by atoms with Gasteiger partial charge in [-0.3, -0.25) is 4.79 Å². The molecule has 0 fully saturated rings. The number of amides is 1. The number of alkyl halides is 1. The molecule has 1 atom stereocenters. The third kappa shape index (κ3) is 2.70. The van der Waals surface area contributed by atoms with E-state index in [1.165, 1.54) is 29.2 Å². The van der Waals surface area contributed by atoms with Gasteiger partial charge < -0.3 is 5.32 Å². The quantitative estimate of drug-likeness (QED) is 0.872. The van der Waals surface area contributed by atoms with Crippen molar-refractivity contribution in [1.29, 1.82) is 0 Å². The Bertz CT molecular complexity index is 557. The number of aromatic nitrogens is 4. The number of carbonyl (C=O) groups excluding carboxylic acids is 1. The lowest BCUT2D eigenvalue weighted by Crippen LogP contribution is -2.20. The van der Waals surface area contributed by atoms with Gasteiger partial charge in [-0.05, 0) is 35.5 Å². The summed E-state index contributed by atoms with van der Waals surface area (Å²) in [5, 5.41) is 13.1. The molecule has 0 spiro atoms. The van der Waals surface area contributed by atoms with E-state index in [4.69, 9.17) is 0 Å². The van der Waals surface area contributed by atoms with Crippen LogP contribution < -0.4 is 5.32 Å². The molecule has 2 aromatic rings. The number of tetrazole rings is 1. The Labute approximate surface area is 110 Å². The van der Waals surface area contributed by atoms with Crippen molar-refractivity contribution in [2.75, 3.05) is 5.32 Å². The maximum atomic E-state index is 13.5. The lowest BCUT2D eigenvalue weighted by atomic mass is 10.2. The normalized spacial score (nSPS) is 12.2. The van der Waals surface area contributed by atoms with Crippen LogP contribution in [0.1, 0.15) is 6.92 Å². The predicted octanol–water partition coefficient (Wildman–Crippen LogP) is 1.52. The van der Waals surface area contributed by atoms with E-state index in [-0.39, 0.29) is 11.6 Å². The van der Waals surface area contributed by atoms with Gasteiger partial charge in [0.05, 0.1) is 16.2 Å². The highest BCUT2D eigenvalue weighted by molar-refractivity contribution is 9.10. The highest BCUT2D eigenvalue weighted by atomic mass is 79.9. The summed E-state index contributed by atoms with van der Waals surface area (Å²) < 4.78 is 14.9. The van der Waals surface area contributed by atoms with Crippen LogP contribution in [0.25, 0.3) is 5.69 Å². The Morgan fingerprint density at radius 3 is 2.94 bits per heavy atom. The van der Waals surface area contributed by atoms with Crippen LogP contribution in [0.4, 0.5) is 10.1 Å². The molecule has 1 heterocycles. The first-order valence-electron chi connectivity index (χ1n) is 5.06. The predicted molar refractivity (Wildman–Crippen MR) is 66.1 cm³/mol. The first-order chi connectivity index (χ1) is 8.58. The Balaban J connectivity index is 2.30. The van der Waals surface area contributed by atoms with Crippen LogP contribution in [0.15, 0.2) is 24.5 Å². The van der Waals surface area contributed by atoms with Gasteiger partial charge in [-0.1, -0.05) is 15.9 Å². The first-order valence-corrected chi connectivity index (χ1v) is 5.97. The number of anilines is 1. The summed E-state index contributed by atoms with van der Waals surface area (Å²) in [5.41, 5.74) is 0.637. The lowest BCUT2D eigenvalue weighted by Gasteiger charge is -2.09. The van der Waals surface area contributed by atoms with Crippen LogP contribution >= 0.6 is 15.9 Å². The van der Waals surface area contributed by atoms with Gasteiger partial charge in [0.2, 0.25) is 5.91 Å². The first kappa shape index (κ1) is 12.6. The molecule has 0 radical (unpaired) electrons. The fourth-order valence-electron chi connectivity index (χ4n) is 1.26. The molecule has 94 valence electrons. The smallest absolute Gasteiger partial charge is 0.237 e. The van der Waals surface area contributed by atoms with E-state index in [1.54, 1.807) is 6.92 Å². The van der Waals surface area contributed by atoms with Crippen molar-refractivity contribution >= 4 is 27.5 Å². The summed E-state index contributed by atoms with van der Waals surface area (Å²) in [4.78, 5) is 11.1. The van der Waals surface area contributed by atoms with Crippen LogP contribution in [-0.4, -0.2) is 30.9 Å². The SMILES string of the molecule is CC(Br)C(=O)Nc1cc(-n2cnnn2)ccc1F. The van der Waals surface area contributed by atoms with Crippen LogP contribution in [0.5, 0.6) is 0 Å². The number of hydrogen-bond acceptors (Lipinski definition) is 4. The standard InChI is InChI=1S/C10H9BrFN5O/c1-6(11)10(18)14-9-4-7(2-3-8(9)12)17-5-13-15-16-17/h2-6H,1H3,(H,14,18). The third-order valence-electron chi connectivity index (χ3n) is 2.18. The molecule has 0 saturated carbocycles. The van der Waals surface area contributed by atoms with Crippen LogP contribution in [-0.2, 0) is 4.79 Å². The second-order valence-electron chi connectivity index (χ2n) is 3.52. The van der Waals surface area contributed by atoms with E-state index >= 15 is 0 Å². The molecule has 0 saturated heterocycles. The molecule has 8 heteroatoms. The monoisotopic (exact) mass is 313 g/mol. The molecule has 0 bridgehead atoms. The largest absolute Gasteiger partial charge is 0.323 e. The van der Waals surface area contributed by atoms with Gasteiger partial charge in [-0.2, -0.15) is 0 Å². The topological polar surface area (TPSA) is 72.7 Å². The minimum absolute atomic E-state index is 0.0827. The van der Waals surface area contributed by atoms with Gasteiger partial charge in [-0.25, -0.2) is 9.07 Å². The minimum Gasteiger partial charge on any atom is -0.323 e. The van der Waals surface area contributed by atoms with E-state index in [2.05, 4.69) is 36.8 Å². The summed E-state index contributed by atoms with van der Waals surface area (Å²) in [6, 6.07) is 4.21. The van der Waals surface area contributed by atoms with Gasteiger partial charge in [0.25, 0.3) is 0 Å². The Morgan fingerprint density at radius 1 is 1.56 bits per heavy atom. The molecular weight excluding hydrogens is 305 g/mol. The van der Waals surface area contributed by atoms with Crippen LogP contribution in [0, 0.1) is 5.82 Å². The molecule has 1 amide bonds. The zero-order chi connectivity index (χ0) is 13.1. The van der Waals surface area contributed by atoms with Crippen LogP contribution in [0.2, 0.25) is 0 Å². The van der Waals surface area contributed by atoms with Gasteiger partial charge in [-0.15, -0.1) is 5.10 Å². The van der Waals surface area contributed by atoms with Crippen molar-refractivity contribution in [1.82, 2.24) is 20.2 Å². The summed E-state index contributed by atoms with van der Waals surface area (Å²) in [6.45, 7) is 1.65. The summed E-state index contributed by atoms with van der Waals surface area (Å²) >= 11 is 3.11. The molecule has 1 unspecified atom stereocenters. The number of carbonyl (C=O) groups is 1. The number of nitrogens with one attached hydrogen (secondary N) is 1.